The van der Waals surface area contributed by atoms with Gasteiger partial charge in [-0.1, -0.05) is 0 Å². The van der Waals surface area contributed by atoms with Gasteiger partial charge in [0, 0.05) is 29.3 Å². The molecule has 0 unspecified atom stereocenters. The van der Waals surface area contributed by atoms with Crippen LogP contribution in [0.1, 0.15) is 21.4 Å². The van der Waals surface area contributed by atoms with Gasteiger partial charge in [-0.2, -0.15) is 9.61 Å². The second-order valence-electron chi connectivity index (χ2n) is 5.60. The first-order valence-corrected chi connectivity index (χ1v) is 7.75. The molecule has 0 saturated heterocycles. The van der Waals surface area contributed by atoms with E-state index in [0.717, 1.165) is 0 Å². The zero-order chi connectivity index (χ0) is 20.8. The molecule has 0 radical (unpaired) electrons. The molecule has 0 spiro atoms. The number of nitrogens with zero attached hydrogens (tertiary/aromatic N) is 3. The van der Waals surface area contributed by atoms with Crippen molar-refractivity contribution >= 4 is 28.8 Å². The predicted octanol–water partition coefficient (Wildman–Crippen LogP) is 2.63. The van der Waals surface area contributed by atoms with Crippen LogP contribution in [0, 0.1) is 5.82 Å². The summed E-state index contributed by atoms with van der Waals surface area (Å²) >= 11 is 0. The second-order valence-corrected chi connectivity index (χ2v) is 5.60. The highest BCUT2D eigenvalue weighted by Crippen LogP contribution is 2.39. The van der Waals surface area contributed by atoms with Crippen LogP contribution in [-0.4, -0.2) is 40.6 Å². The largest absolute Gasteiger partial charge is 0.486 e. The number of fused-ring (bicyclic) bond motifs is 2. The van der Waals surface area contributed by atoms with Crippen molar-refractivity contribution in [1.82, 2.24) is 14.6 Å². The molecule has 8 nitrogen and oxygen atoms in total. The lowest BCUT2D eigenvalue weighted by molar-refractivity contribution is 0.101. The Labute approximate surface area is 152 Å². The topological polar surface area (TPSA) is 89.8 Å². The molecule has 3 aromatic rings. The van der Waals surface area contributed by atoms with Gasteiger partial charge < -0.3 is 20.1 Å². The van der Waals surface area contributed by atoms with Gasteiger partial charge in [0.2, 0.25) is 0 Å². The number of hydrogen-bond donors (Lipinski definition) is 2. The van der Waals surface area contributed by atoms with Crippen molar-refractivity contribution in [3.05, 3.63) is 35.8 Å². The highest BCUT2D eigenvalue weighted by molar-refractivity contribution is 6.00. The molecule has 3 heterocycles. The molecule has 0 amide bonds. The fourth-order valence-electron chi connectivity index (χ4n) is 2.72. The number of halogens is 1. The lowest BCUT2D eigenvalue weighted by Crippen LogP contribution is -2.16. The van der Waals surface area contributed by atoms with E-state index < -0.39 is 12.8 Å². The Morgan fingerprint density at radius 3 is 3.00 bits per heavy atom. The first-order chi connectivity index (χ1) is 13.7. The Kier molecular flexibility index (Phi) is 3.07. The lowest BCUT2D eigenvalue weighted by Gasteiger charge is -2.21. The van der Waals surface area contributed by atoms with E-state index >= 15 is 0 Å². The minimum Gasteiger partial charge on any atom is -0.486 e. The molecule has 0 bridgehead atoms. The van der Waals surface area contributed by atoms with Crippen molar-refractivity contribution in [3.8, 4) is 11.5 Å². The number of nitrogens with one attached hydrogen (secondary N) is 2. The molecule has 0 atom stereocenters. The van der Waals surface area contributed by atoms with Crippen molar-refractivity contribution in [1.29, 1.82) is 0 Å². The van der Waals surface area contributed by atoms with E-state index in [9.17, 15) is 9.18 Å². The first-order valence-electron chi connectivity index (χ1n) is 9.25. The molecule has 9 heteroatoms. The van der Waals surface area contributed by atoms with Crippen LogP contribution >= 0.6 is 0 Å². The van der Waals surface area contributed by atoms with Gasteiger partial charge in [0.25, 0.3) is 0 Å². The Morgan fingerprint density at radius 1 is 1.35 bits per heavy atom. The Balaban J connectivity index is 1.83. The molecular weight excluding hydrogens is 341 g/mol. The highest BCUT2D eigenvalue weighted by atomic mass is 19.1. The summed E-state index contributed by atoms with van der Waals surface area (Å²) in [6, 6.07) is 3.80. The molecule has 2 N–H and O–H groups in total. The molecule has 2 aromatic heterocycles. The van der Waals surface area contributed by atoms with Crippen LogP contribution in [0.15, 0.2) is 24.4 Å². The molecule has 1 aliphatic rings. The monoisotopic (exact) mass is 360 g/mol. The number of benzene rings is 1. The number of carbonyl (C=O) groups excluding carboxylic acids is 1. The van der Waals surface area contributed by atoms with E-state index in [0.29, 0.717) is 19.0 Å². The number of carbonyl (C=O) groups is 1. The zero-order valence-electron chi connectivity index (χ0n) is 16.7. The van der Waals surface area contributed by atoms with Crippen molar-refractivity contribution in [2.24, 2.45) is 0 Å². The maximum absolute atomic E-state index is 14.0. The third kappa shape index (κ3) is 2.67. The molecule has 26 heavy (non-hydrogen) atoms. The van der Waals surface area contributed by atoms with E-state index in [4.69, 9.17) is 13.6 Å². The van der Waals surface area contributed by atoms with Crippen molar-refractivity contribution in [2.45, 2.75) is 6.92 Å². The summed E-state index contributed by atoms with van der Waals surface area (Å²) in [6.07, 6.45) is 1.31. The number of anilines is 3. The first kappa shape index (κ1) is 12.9. The molecule has 0 aliphatic carbocycles. The zero-order valence-corrected chi connectivity index (χ0v) is 13.7. The van der Waals surface area contributed by atoms with E-state index in [1.807, 2.05) is 0 Å². The minimum absolute atomic E-state index is 0.0763. The number of ketones is 1. The SMILES string of the molecule is [2H]C([2H])([2H])Nc1cc(Nc2cc(F)cc3c2OCCO3)nc2c(C(C)=O)cnn12. The van der Waals surface area contributed by atoms with Crippen molar-refractivity contribution < 1.29 is 22.8 Å². The smallest absolute Gasteiger partial charge is 0.185 e. The fraction of sp³-hybridized carbons (Fsp3) is 0.235. The summed E-state index contributed by atoms with van der Waals surface area (Å²) in [5, 5.41) is 9.32. The quantitative estimate of drug-likeness (QED) is 0.691. The number of rotatable bonds is 4. The van der Waals surface area contributed by atoms with Gasteiger partial charge in [0.15, 0.2) is 22.9 Å². The summed E-state index contributed by atoms with van der Waals surface area (Å²) in [7, 11) is 0. The molecule has 1 aliphatic heterocycles. The molecule has 1 aromatic carbocycles. The summed E-state index contributed by atoms with van der Waals surface area (Å²) in [6.45, 7) is -0.570. The Hall–Kier alpha value is -3.36. The maximum Gasteiger partial charge on any atom is 0.185 e. The van der Waals surface area contributed by atoms with Gasteiger partial charge in [-0.25, -0.2) is 9.37 Å². The normalized spacial score (nSPS) is 15.1. The fourth-order valence-corrected chi connectivity index (χ4v) is 2.72. The van der Waals surface area contributed by atoms with Crippen LogP contribution in [0.2, 0.25) is 0 Å². The summed E-state index contributed by atoms with van der Waals surface area (Å²) in [5.41, 5.74) is 0.611. The van der Waals surface area contributed by atoms with Gasteiger partial charge in [-0.15, -0.1) is 0 Å². The molecule has 134 valence electrons. The number of aromatic nitrogens is 3. The van der Waals surface area contributed by atoms with Gasteiger partial charge >= 0.3 is 0 Å². The molecular formula is C17H16FN5O3. The summed E-state index contributed by atoms with van der Waals surface area (Å²) in [4.78, 5) is 16.2. The average molecular weight is 360 g/mol. The van der Waals surface area contributed by atoms with Crippen LogP contribution < -0.4 is 20.1 Å². The van der Waals surface area contributed by atoms with Crippen LogP contribution in [0.4, 0.5) is 21.7 Å². The van der Waals surface area contributed by atoms with Gasteiger partial charge in [0.1, 0.15) is 30.7 Å². The Morgan fingerprint density at radius 2 is 2.19 bits per heavy atom. The van der Waals surface area contributed by atoms with E-state index in [1.54, 1.807) is 0 Å². The number of ether oxygens (including phenoxy) is 2. The third-order valence-electron chi connectivity index (χ3n) is 3.85. The third-order valence-corrected chi connectivity index (χ3v) is 3.85. The Bertz CT molecular complexity index is 1120. The maximum atomic E-state index is 14.0. The number of hydrogen-bond acceptors (Lipinski definition) is 7. The summed E-state index contributed by atoms with van der Waals surface area (Å²) in [5.74, 6) is -0.0436. The van der Waals surface area contributed by atoms with Crippen LogP contribution in [0.5, 0.6) is 11.5 Å². The van der Waals surface area contributed by atoms with Crippen LogP contribution in [0.3, 0.4) is 0 Å². The van der Waals surface area contributed by atoms with E-state index in [1.165, 1.54) is 35.8 Å². The van der Waals surface area contributed by atoms with E-state index in [-0.39, 0.29) is 40.1 Å². The van der Waals surface area contributed by atoms with Gasteiger partial charge in [-0.3, -0.25) is 4.79 Å². The second kappa shape index (κ2) is 6.17. The standard InChI is InChI=1S/C17H16FN5O3/c1-9(24)11-8-20-23-15(19-2)7-14(22-17(11)23)21-12-5-10(18)6-13-16(12)26-4-3-25-13/h5-8,19H,3-4H2,1-2H3,(H,21,22)/i2D3. The van der Waals surface area contributed by atoms with Crippen molar-refractivity contribution in [3.63, 3.8) is 0 Å². The molecule has 0 saturated carbocycles. The highest BCUT2D eigenvalue weighted by Gasteiger charge is 2.20. The van der Waals surface area contributed by atoms with E-state index in [2.05, 4.69) is 20.7 Å². The van der Waals surface area contributed by atoms with Gasteiger partial charge in [-0.05, 0) is 6.92 Å². The minimum atomic E-state index is -2.51. The molecule has 0 fully saturated rings. The number of Topliss-reactive ketones (excluding diaryl/α,β-unsaturated/α-hetero) is 1. The summed E-state index contributed by atoms with van der Waals surface area (Å²) < 4.78 is 48.6. The average Bonchev–Trinajstić information content (AvgIpc) is 3.05. The predicted molar refractivity (Wildman–Crippen MR) is 93.2 cm³/mol. The lowest BCUT2D eigenvalue weighted by atomic mass is 10.2. The van der Waals surface area contributed by atoms with Gasteiger partial charge in [0.05, 0.1) is 17.4 Å². The van der Waals surface area contributed by atoms with Crippen molar-refractivity contribution in [2.75, 3.05) is 30.8 Å². The van der Waals surface area contributed by atoms with Crippen LogP contribution in [0.25, 0.3) is 5.65 Å². The van der Waals surface area contributed by atoms with Crippen LogP contribution in [-0.2, 0) is 0 Å². The molecule has 4 rings (SSSR count).